The number of Topliss-reactive ketones (excluding diaryl/α,β-unsaturated/α-hetero) is 1. The fraction of sp³-hybridized carbons (Fsp3) is 0.308. The Kier molecular flexibility index (Phi) is 9.04. The molecule has 0 aliphatic carbocycles. The first-order chi connectivity index (χ1) is 17.3. The number of aromatic nitrogens is 2. The first kappa shape index (κ1) is 26.3. The lowest BCUT2D eigenvalue weighted by atomic mass is 10.0. The van der Waals surface area contributed by atoms with Crippen molar-refractivity contribution in [2.24, 2.45) is 0 Å². The van der Waals surface area contributed by atoms with Crippen LogP contribution in [0.25, 0.3) is 10.9 Å². The number of nitrogens with one attached hydrogen (secondary N) is 4. The number of pyridine rings is 1. The zero-order chi connectivity index (χ0) is 26.1. The van der Waals surface area contributed by atoms with Gasteiger partial charge in [-0.2, -0.15) is 0 Å². The van der Waals surface area contributed by atoms with Crippen molar-refractivity contribution in [3.63, 3.8) is 0 Å². The van der Waals surface area contributed by atoms with Gasteiger partial charge in [0.2, 0.25) is 5.91 Å². The molecule has 10 heteroatoms. The first-order valence-electron chi connectivity index (χ1n) is 11.6. The van der Waals surface area contributed by atoms with Crippen LogP contribution in [0.5, 0.6) is 0 Å². The number of amides is 2. The summed E-state index contributed by atoms with van der Waals surface area (Å²) in [5.41, 5.74) is 2.02. The molecule has 10 nitrogen and oxygen atoms in total. The molecule has 1 aromatic carbocycles. The van der Waals surface area contributed by atoms with Crippen LogP contribution < -0.4 is 10.6 Å². The average Bonchev–Trinajstić information content (AvgIpc) is 3.28. The quantitative estimate of drug-likeness (QED) is 0.225. The number of rotatable bonds is 12. The lowest BCUT2D eigenvalue weighted by molar-refractivity contribution is -0.151. The Hall–Kier alpha value is -4.34. The van der Waals surface area contributed by atoms with E-state index >= 15 is 0 Å². The third kappa shape index (κ3) is 7.08. The van der Waals surface area contributed by atoms with Crippen molar-refractivity contribution in [3.05, 3.63) is 66.1 Å². The summed E-state index contributed by atoms with van der Waals surface area (Å²) >= 11 is 0. The van der Waals surface area contributed by atoms with Crippen LogP contribution in [0, 0.1) is 5.41 Å². The highest BCUT2D eigenvalue weighted by Crippen LogP contribution is 2.19. The van der Waals surface area contributed by atoms with Crippen LogP contribution in [-0.2, 0) is 25.5 Å². The number of ether oxygens (including phenoxy) is 1. The maximum absolute atomic E-state index is 13.4. The van der Waals surface area contributed by atoms with Crippen molar-refractivity contribution in [2.75, 3.05) is 0 Å². The van der Waals surface area contributed by atoms with Crippen LogP contribution in [0.1, 0.15) is 42.6 Å². The Morgan fingerprint density at radius 1 is 1.06 bits per heavy atom. The van der Waals surface area contributed by atoms with Gasteiger partial charge in [0, 0.05) is 47.9 Å². The molecule has 3 rings (SSSR count). The van der Waals surface area contributed by atoms with Crippen LogP contribution in [0.3, 0.4) is 0 Å². The SMILES string of the molecule is CC(C)OC(=O)[C@H](CCC(=O)C=N)NC(=O)[C@H](Cc1c[nH]c2ccccc12)NC(=O)c1ccncc1. The minimum atomic E-state index is -1.12. The minimum Gasteiger partial charge on any atom is -0.461 e. The number of carbonyl (C=O) groups excluding carboxylic acids is 4. The molecule has 2 aromatic heterocycles. The van der Waals surface area contributed by atoms with Crippen molar-refractivity contribution in [3.8, 4) is 0 Å². The average molecular weight is 492 g/mol. The highest BCUT2D eigenvalue weighted by Gasteiger charge is 2.29. The second kappa shape index (κ2) is 12.4. The summed E-state index contributed by atoms with van der Waals surface area (Å²) in [4.78, 5) is 57.6. The van der Waals surface area contributed by atoms with Gasteiger partial charge in [-0.3, -0.25) is 19.4 Å². The van der Waals surface area contributed by atoms with E-state index in [4.69, 9.17) is 10.1 Å². The number of H-pyrrole nitrogens is 1. The summed E-state index contributed by atoms with van der Waals surface area (Å²) in [5.74, 6) is -2.25. The van der Waals surface area contributed by atoms with Gasteiger partial charge in [-0.05, 0) is 44.0 Å². The number of hydrogen-bond acceptors (Lipinski definition) is 7. The van der Waals surface area contributed by atoms with Crippen LogP contribution in [0.2, 0.25) is 0 Å². The number of esters is 1. The molecule has 0 bridgehead atoms. The number of carbonyl (C=O) groups is 4. The van der Waals surface area contributed by atoms with Gasteiger partial charge in [-0.25, -0.2) is 4.79 Å². The summed E-state index contributed by atoms with van der Waals surface area (Å²) in [6.07, 6.45) is 4.96. The van der Waals surface area contributed by atoms with E-state index in [0.29, 0.717) is 11.8 Å². The molecule has 0 radical (unpaired) electrons. The van der Waals surface area contributed by atoms with Gasteiger partial charge in [0.05, 0.1) is 12.3 Å². The van der Waals surface area contributed by atoms with Gasteiger partial charge in [-0.15, -0.1) is 0 Å². The lowest BCUT2D eigenvalue weighted by Crippen LogP contribution is -2.53. The lowest BCUT2D eigenvalue weighted by Gasteiger charge is -2.23. The molecular weight excluding hydrogens is 462 g/mol. The van der Waals surface area contributed by atoms with E-state index in [2.05, 4.69) is 20.6 Å². The van der Waals surface area contributed by atoms with E-state index in [1.54, 1.807) is 20.0 Å². The Balaban J connectivity index is 1.85. The zero-order valence-electron chi connectivity index (χ0n) is 20.1. The monoisotopic (exact) mass is 491 g/mol. The van der Waals surface area contributed by atoms with E-state index in [1.165, 1.54) is 24.5 Å². The molecule has 36 heavy (non-hydrogen) atoms. The summed E-state index contributed by atoms with van der Waals surface area (Å²) in [6, 6.07) is 8.49. The fourth-order valence-corrected chi connectivity index (χ4v) is 3.67. The molecule has 2 heterocycles. The highest BCUT2D eigenvalue weighted by molar-refractivity contribution is 6.26. The standard InChI is InChI=1S/C26H29N5O5/c1-16(2)36-26(35)22(8-7-19(32)14-27)30-25(34)23(31-24(33)17-9-11-28-12-10-17)13-18-15-29-21-6-4-3-5-20(18)21/h3-6,9-12,14-16,22-23,27,29H,7-8,13H2,1-2H3,(H,30,34)(H,31,33)/t22-,23-/m0/s1. The van der Waals surface area contributed by atoms with E-state index in [1.807, 2.05) is 24.3 Å². The highest BCUT2D eigenvalue weighted by atomic mass is 16.5. The molecule has 3 aromatic rings. The first-order valence-corrected chi connectivity index (χ1v) is 11.6. The minimum absolute atomic E-state index is 0.0381. The summed E-state index contributed by atoms with van der Waals surface area (Å²) < 4.78 is 5.25. The van der Waals surface area contributed by atoms with E-state index in [-0.39, 0.29) is 19.3 Å². The third-order valence-electron chi connectivity index (χ3n) is 5.46. The van der Waals surface area contributed by atoms with Crippen molar-refractivity contribution in [1.29, 1.82) is 5.41 Å². The molecule has 188 valence electrons. The number of ketones is 1. The van der Waals surface area contributed by atoms with Gasteiger partial charge in [-0.1, -0.05) is 18.2 Å². The Morgan fingerprint density at radius 3 is 2.47 bits per heavy atom. The van der Waals surface area contributed by atoms with Crippen LogP contribution >= 0.6 is 0 Å². The predicted octanol–water partition coefficient (Wildman–Crippen LogP) is 2.34. The van der Waals surface area contributed by atoms with Crippen molar-refractivity contribution in [2.45, 2.75) is 51.3 Å². The zero-order valence-corrected chi connectivity index (χ0v) is 20.1. The Bertz CT molecular complexity index is 1240. The van der Waals surface area contributed by atoms with Crippen molar-refractivity contribution >= 4 is 40.7 Å². The van der Waals surface area contributed by atoms with Crippen LogP contribution in [0.4, 0.5) is 0 Å². The molecule has 0 unspecified atom stereocenters. The maximum Gasteiger partial charge on any atom is 0.328 e. The molecule has 0 saturated heterocycles. The molecule has 0 spiro atoms. The smallest absolute Gasteiger partial charge is 0.328 e. The molecule has 2 atom stereocenters. The fourth-order valence-electron chi connectivity index (χ4n) is 3.67. The number of para-hydroxylation sites is 1. The Labute approximate surface area is 208 Å². The number of fused-ring (bicyclic) bond motifs is 1. The number of nitrogens with zero attached hydrogens (tertiary/aromatic N) is 1. The number of benzene rings is 1. The van der Waals surface area contributed by atoms with Gasteiger partial charge in [0.1, 0.15) is 12.1 Å². The van der Waals surface area contributed by atoms with Crippen LogP contribution in [0.15, 0.2) is 55.0 Å². The van der Waals surface area contributed by atoms with Gasteiger partial charge < -0.3 is 25.8 Å². The largest absolute Gasteiger partial charge is 0.461 e. The summed E-state index contributed by atoms with van der Waals surface area (Å²) in [5, 5.41) is 13.4. The second-order valence-electron chi connectivity index (χ2n) is 8.52. The number of aromatic amines is 1. The molecule has 2 amide bonds. The summed E-state index contributed by atoms with van der Waals surface area (Å²) in [6.45, 7) is 3.35. The molecule has 4 N–H and O–H groups in total. The predicted molar refractivity (Wildman–Crippen MR) is 134 cm³/mol. The second-order valence-corrected chi connectivity index (χ2v) is 8.52. The van der Waals surface area contributed by atoms with E-state index in [0.717, 1.165) is 16.5 Å². The normalized spacial score (nSPS) is 12.5. The Morgan fingerprint density at radius 2 is 1.78 bits per heavy atom. The topological polar surface area (TPSA) is 154 Å². The third-order valence-corrected chi connectivity index (χ3v) is 5.46. The van der Waals surface area contributed by atoms with E-state index in [9.17, 15) is 19.2 Å². The molecule has 0 aliphatic heterocycles. The van der Waals surface area contributed by atoms with Gasteiger partial charge in [0.25, 0.3) is 5.91 Å². The number of hydrogen-bond donors (Lipinski definition) is 4. The van der Waals surface area contributed by atoms with Gasteiger partial charge in [0.15, 0.2) is 5.78 Å². The van der Waals surface area contributed by atoms with Gasteiger partial charge >= 0.3 is 5.97 Å². The molecule has 0 aliphatic rings. The van der Waals surface area contributed by atoms with E-state index < -0.39 is 41.8 Å². The molecule has 0 fully saturated rings. The maximum atomic E-state index is 13.4. The van der Waals surface area contributed by atoms with Crippen molar-refractivity contribution < 1.29 is 23.9 Å². The van der Waals surface area contributed by atoms with Crippen LogP contribution in [-0.4, -0.2) is 57.9 Å². The molecule has 0 saturated carbocycles. The van der Waals surface area contributed by atoms with Crippen molar-refractivity contribution in [1.82, 2.24) is 20.6 Å². The molecular formula is C26H29N5O5. The summed E-state index contributed by atoms with van der Waals surface area (Å²) in [7, 11) is 0.